The molecule has 3 atom stereocenters. The van der Waals surface area contributed by atoms with Crippen LogP contribution in [-0.4, -0.2) is 37.3 Å². The predicted octanol–water partition coefficient (Wildman–Crippen LogP) is 4.89. The van der Waals surface area contributed by atoms with Gasteiger partial charge in [-0.2, -0.15) is 0 Å². The van der Waals surface area contributed by atoms with Crippen LogP contribution < -0.4 is 0 Å². The van der Waals surface area contributed by atoms with Crippen molar-refractivity contribution >= 4 is 5.71 Å². The lowest BCUT2D eigenvalue weighted by atomic mass is 9.74. The third-order valence-electron chi connectivity index (χ3n) is 6.13. The van der Waals surface area contributed by atoms with Gasteiger partial charge < -0.3 is 4.90 Å². The van der Waals surface area contributed by atoms with Gasteiger partial charge in [-0.25, -0.2) is 0 Å². The molecular weight excluding hydrogens is 292 g/mol. The number of fused-ring (bicyclic) bond motifs is 1. The molecule has 1 aliphatic heterocycles. The van der Waals surface area contributed by atoms with Crippen LogP contribution in [0.1, 0.15) is 46.5 Å². The maximum atomic E-state index is 5.24. The van der Waals surface area contributed by atoms with Gasteiger partial charge in [0.05, 0.1) is 0 Å². The molecule has 3 aliphatic rings. The van der Waals surface area contributed by atoms with Crippen molar-refractivity contribution in [2.45, 2.75) is 46.5 Å². The number of nitrogens with zero attached hydrogens (tertiary/aromatic N) is 2. The van der Waals surface area contributed by atoms with Crippen molar-refractivity contribution in [2.24, 2.45) is 28.7 Å². The molecule has 1 saturated carbocycles. The zero-order valence-electron chi connectivity index (χ0n) is 16.0. The summed E-state index contributed by atoms with van der Waals surface area (Å²) in [7, 11) is 2.29. The Balaban J connectivity index is 2.00. The number of aliphatic imine (C=N–C) groups is 1. The van der Waals surface area contributed by atoms with Crippen LogP contribution in [0.2, 0.25) is 0 Å². The summed E-state index contributed by atoms with van der Waals surface area (Å²) in [4.78, 5) is 7.78. The molecule has 3 rings (SSSR count). The first kappa shape index (κ1) is 17.7. The van der Waals surface area contributed by atoms with Gasteiger partial charge in [-0.05, 0) is 70.9 Å². The molecule has 132 valence electrons. The van der Waals surface area contributed by atoms with Crippen molar-refractivity contribution in [3.05, 3.63) is 35.5 Å². The minimum atomic E-state index is 0.508. The molecule has 2 aliphatic carbocycles. The summed E-state index contributed by atoms with van der Waals surface area (Å²) in [5.74, 6) is 2.61. The molecule has 1 saturated heterocycles. The first-order valence-corrected chi connectivity index (χ1v) is 9.79. The van der Waals surface area contributed by atoms with Crippen LogP contribution in [0.5, 0.6) is 0 Å². The third-order valence-corrected chi connectivity index (χ3v) is 6.13. The molecule has 1 heterocycles. The van der Waals surface area contributed by atoms with Crippen LogP contribution in [0.3, 0.4) is 0 Å². The predicted molar refractivity (Wildman–Crippen MR) is 105 cm³/mol. The lowest BCUT2D eigenvalue weighted by Crippen LogP contribution is -2.41. The molecule has 2 nitrogen and oxygen atoms in total. The van der Waals surface area contributed by atoms with E-state index in [0.29, 0.717) is 17.8 Å². The number of rotatable bonds is 2. The van der Waals surface area contributed by atoms with Crippen LogP contribution >= 0.6 is 0 Å². The maximum absolute atomic E-state index is 5.24. The summed E-state index contributed by atoms with van der Waals surface area (Å²) in [6.45, 7) is 10.5. The molecule has 0 aromatic carbocycles. The first-order chi connectivity index (χ1) is 11.6. The minimum Gasteiger partial charge on any atom is -0.306 e. The molecule has 24 heavy (non-hydrogen) atoms. The van der Waals surface area contributed by atoms with Gasteiger partial charge in [0.15, 0.2) is 0 Å². The Hall–Kier alpha value is -1.15. The Morgan fingerprint density at radius 2 is 1.96 bits per heavy atom. The average Bonchev–Trinajstić information content (AvgIpc) is 3.36. The highest BCUT2D eigenvalue weighted by molar-refractivity contribution is 5.91. The standard InChI is InChI=1S/C22H34N2/c1-16-8-6-5-7-9-20-15-24(4)13-12-17(2)22(21(20)18(16)3)23-14-19-10-11-19/h5-8,17,19-21H,9-15H2,1-4H3/b7-5+,8-6-,18-16+,23-22-. The average molecular weight is 327 g/mol. The molecule has 2 heteroatoms. The number of allylic oxidation sites excluding steroid dienone is 6. The fourth-order valence-corrected chi connectivity index (χ4v) is 4.19. The Morgan fingerprint density at radius 3 is 2.71 bits per heavy atom. The molecule has 0 aromatic rings. The highest BCUT2D eigenvalue weighted by Gasteiger charge is 2.34. The third kappa shape index (κ3) is 4.27. The van der Waals surface area contributed by atoms with Gasteiger partial charge in [0, 0.05) is 24.7 Å². The topological polar surface area (TPSA) is 15.6 Å². The maximum Gasteiger partial charge on any atom is 0.0417 e. The fraction of sp³-hybridized carbons (Fsp3) is 0.682. The summed E-state index contributed by atoms with van der Waals surface area (Å²) in [6, 6.07) is 0. The van der Waals surface area contributed by atoms with Crippen molar-refractivity contribution in [3.8, 4) is 0 Å². The van der Waals surface area contributed by atoms with E-state index in [9.17, 15) is 0 Å². The molecule has 3 unspecified atom stereocenters. The van der Waals surface area contributed by atoms with E-state index in [0.717, 1.165) is 18.9 Å². The van der Waals surface area contributed by atoms with Crippen LogP contribution in [0.4, 0.5) is 0 Å². The second-order valence-electron chi connectivity index (χ2n) is 8.29. The molecule has 0 spiro atoms. The second-order valence-corrected chi connectivity index (χ2v) is 8.29. The van der Waals surface area contributed by atoms with Gasteiger partial charge in [0.2, 0.25) is 0 Å². The molecule has 0 bridgehead atoms. The summed E-state index contributed by atoms with van der Waals surface area (Å²) in [5, 5.41) is 0. The summed E-state index contributed by atoms with van der Waals surface area (Å²) < 4.78 is 0. The van der Waals surface area contributed by atoms with Gasteiger partial charge in [-0.3, -0.25) is 4.99 Å². The van der Waals surface area contributed by atoms with Gasteiger partial charge in [0.25, 0.3) is 0 Å². The van der Waals surface area contributed by atoms with Crippen molar-refractivity contribution in [1.82, 2.24) is 4.90 Å². The molecular formula is C22H34N2. The highest BCUT2D eigenvalue weighted by atomic mass is 15.1. The van der Waals surface area contributed by atoms with Gasteiger partial charge >= 0.3 is 0 Å². The largest absolute Gasteiger partial charge is 0.306 e. The van der Waals surface area contributed by atoms with E-state index in [1.54, 1.807) is 0 Å². The van der Waals surface area contributed by atoms with Crippen LogP contribution in [0.25, 0.3) is 0 Å². The SMILES string of the molecule is CC1=C(/C)C2/C(=N\CC3CC3)C(C)CCN(C)CC2C/C=C/C=C\1. The van der Waals surface area contributed by atoms with E-state index < -0.39 is 0 Å². The van der Waals surface area contributed by atoms with Gasteiger partial charge in [-0.15, -0.1) is 0 Å². The van der Waals surface area contributed by atoms with Gasteiger partial charge in [-0.1, -0.05) is 42.4 Å². The smallest absolute Gasteiger partial charge is 0.0417 e. The Morgan fingerprint density at radius 1 is 1.17 bits per heavy atom. The number of likely N-dealkylation sites (tertiary alicyclic amines) is 1. The summed E-state index contributed by atoms with van der Waals surface area (Å²) >= 11 is 0. The van der Waals surface area contributed by atoms with E-state index >= 15 is 0 Å². The Kier molecular flexibility index (Phi) is 5.76. The first-order valence-electron chi connectivity index (χ1n) is 9.79. The van der Waals surface area contributed by atoms with Crippen molar-refractivity contribution in [2.75, 3.05) is 26.7 Å². The minimum absolute atomic E-state index is 0.508. The van der Waals surface area contributed by atoms with E-state index in [-0.39, 0.29) is 0 Å². The zero-order valence-corrected chi connectivity index (χ0v) is 16.0. The van der Waals surface area contributed by atoms with E-state index in [1.165, 1.54) is 49.2 Å². The molecule has 0 amide bonds. The Labute approximate surface area is 148 Å². The van der Waals surface area contributed by atoms with Crippen LogP contribution in [0.15, 0.2) is 40.4 Å². The lowest BCUT2D eigenvalue weighted by molar-refractivity contribution is 0.235. The van der Waals surface area contributed by atoms with Crippen molar-refractivity contribution in [1.29, 1.82) is 0 Å². The van der Waals surface area contributed by atoms with Crippen LogP contribution in [0, 0.1) is 23.7 Å². The molecule has 0 aromatic heterocycles. The quantitative estimate of drug-likeness (QED) is 0.705. The Bertz CT molecular complexity index is 563. The van der Waals surface area contributed by atoms with Crippen molar-refractivity contribution < 1.29 is 0 Å². The molecule has 0 N–H and O–H groups in total. The van der Waals surface area contributed by atoms with Crippen molar-refractivity contribution in [3.63, 3.8) is 0 Å². The van der Waals surface area contributed by atoms with E-state index in [1.807, 2.05) is 0 Å². The zero-order chi connectivity index (χ0) is 17.1. The number of hydrogen-bond donors (Lipinski definition) is 0. The fourth-order valence-electron chi connectivity index (χ4n) is 4.19. The monoisotopic (exact) mass is 326 g/mol. The normalized spacial score (nSPS) is 40.0. The summed E-state index contributed by atoms with van der Waals surface area (Å²) in [6.07, 6.45) is 14.2. The summed E-state index contributed by atoms with van der Waals surface area (Å²) in [5.41, 5.74) is 4.46. The van der Waals surface area contributed by atoms with E-state index in [2.05, 4.69) is 57.0 Å². The number of hydrogen-bond acceptors (Lipinski definition) is 2. The van der Waals surface area contributed by atoms with Gasteiger partial charge in [0.1, 0.15) is 0 Å². The molecule has 0 radical (unpaired) electrons. The lowest BCUT2D eigenvalue weighted by Gasteiger charge is -2.38. The highest BCUT2D eigenvalue weighted by Crippen LogP contribution is 2.36. The van der Waals surface area contributed by atoms with E-state index in [4.69, 9.17) is 4.99 Å². The van der Waals surface area contributed by atoms with Crippen LogP contribution in [-0.2, 0) is 0 Å². The molecule has 2 fully saturated rings. The second kappa shape index (κ2) is 7.82.